The van der Waals surface area contributed by atoms with Gasteiger partial charge in [0.2, 0.25) is 0 Å². The molecule has 0 spiro atoms. The largest absolute Gasteiger partial charge is 0.488 e. The lowest BCUT2D eigenvalue weighted by Gasteiger charge is -2.18. The van der Waals surface area contributed by atoms with Gasteiger partial charge in [-0.05, 0) is 47.9 Å². The number of pyridine rings is 2. The lowest BCUT2D eigenvalue weighted by atomic mass is 10.0. The Hall–Kier alpha value is -4.97. The van der Waals surface area contributed by atoms with Crippen molar-refractivity contribution in [3.8, 4) is 22.9 Å². The molecule has 0 unspecified atom stereocenters. The molecule has 38 heavy (non-hydrogen) atoms. The highest BCUT2D eigenvalue weighted by Crippen LogP contribution is 2.30. The van der Waals surface area contributed by atoms with E-state index in [-0.39, 0.29) is 28.9 Å². The van der Waals surface area contributed by atoms with Crippen LogP contribution in [0.1, 0.15) is 40.0 Å². The molecule has 2 aromatic heterocycles. The second-order valence-electron chi connectivity index (χ2n) is 8.88. The smallest absolute Gasteiger partial charge is 0.255 e. The number of benzene rings is 2. The first-order chi connectivity index (χ1) is 18.5. The van der Waals surface area contributed by atoms with Gasteiger partial charge < -0.3 is 20.7 Å². The number of ether oxygens (including phenoxy) is 1. The summed E-state index contributed by atoms with van der Waals surface area (Å²) in [4.78, 5) is 21.9. The molecule has 1 amide bonds. The van der Waals surface area contributed by atoms with Crippen molar-refractivity contribution in [2.24, 2.45) is 0 Å². The van der Waals surface area contributed by atoms with Gasteiger partial charge in [0.25, 0.3) is 5.91 Å². The van der Waals surface area contributed by atoms with E-state index in [0.717, 1.165) is 40.4 Å². The molecule has 0 fully saturated rings. The first-order valence-electron chi connectivity index (χ1n) is 12.2. The zero-order chi connectivity index (χ0) is 26.5. The van der Waals surface area contributed by atoms with Crippen LogP contribution in [0.15, 0.2) is 73.1 Å². The molecule has 0 aliphatic carbocycles. The number of rotatable bonds is 7. The highest BCUT2D eigenvalue weighted by atomic mass is 19.1. The van der Waals surface area contributed by atoms with Gasteiger partial charge in [0, 0.05) is 24.5 Å². The Morgan fingerprint density at radius 2 is 1.89 bits per heavy atom. The highest BCUT2D eigenvalue weighted by molar-refractivity contribution is 5.99. The average Bonchev–Trinajstić information content (AvgIpc) is 2.96. The zero-order valence-corrected chi connectivity index (χ0v) is 20.7. The molecular formula is C29H25FN6O2. The van der Waals surface area contributed by atoms with Gasteiger partial charge in [0.1, 0.15) is 24.3 Å². The molecule has 1 aliphatic rings. The van der Waals surface area contributed by atoms with E-state index in [4.69, 9.17) is 4.74 Å². The number of carbonyl (C=O) groups is 1. The lowest BCUT2D eigenvalue weighted by Crippen LogP contribution is -2.28. The van der Waals surface area contributed by atoms with Crippen LogP contribution < -0.4 is 20.7 Å². The van der Waals surface area contributed by atoms with E-state index in [1.807, 2.05) is 49.5 Å². The molecule has 8 nitrogen and oxygen atoms in total. The Morgan fingerprint density at radius 3 is 2.66 bits per heavy atom. The SMILES string of the molecule is C[C@H](NC(=O)c1cc(C#N)cnc1NCc1ccc(-c2cnc3c(c2)OCCN3)cc1)c1ccc(F)cc1. The molecule has 2 aromatic carbocycles. The van der Waals surface area contributed by atoms with Gasteiger partial charge in [-0.15, -0.1) is 0 Å². The summed E-state index contributed by atoms with van der Waals surface area (Å²) in [5, 5.41) is 18.6. The molecule has 0 bridgehead atoms. The van der Waals surface area contributed by atoms with Crippen LogP contribution in [0.4, 0.5) is 16.0 Å². The molecule has 3 N–H and O–H groups in total. The number of amides is 1. The van der Waals surface area contributed by atoms with Crippen LogP contribution in [-0.2, 0) is 6.54 Å². The summed E-state index contributed by atoms with van der Waals surface area (Å²) in [6.07, 6.45) is 3.23. The lowest BCUT2D eigenvalue weighted by molar-refractivity contribution is 0.0940. The number of halogens is 1. The van der Waals surface area contributed by atoms with Crippen molar-refractivity contribution in [1.82, 2.24) is 15.3 Å². The molecule has 1 aliphatic heterocycles. The third-order valence-corrected chi connectivity index (χ3v) is 6.23. The number of nitrogens with zero attached hydrogens (tertiary/aromatic N) is 3. The standard InChI is InChI=1S/C29H25FN6O2/c1-18(21-6-8-24(30)9-7-21)36-29(37)25-12-20(14-31)16-34-27(25)33-15-19-2-4-22(5-3-19)23-13-26-28(35-17-23)32-10-11-38-26/h2-9,12-13,16-18H,10-11,15H2,1H3,(H,32,35)(H,33,34)(H,36,37)/t18-/m0/s1. The fraction of sp³-hybridized carbons (Fsp3) is 0.172. The second-order valence-corrected chi connectivity index (χ2v) is 8.88. The predicted octanol–water partition coefficient (Wildman–Crippen LogP) is 5.06. The minimum atomic E-state index is -0.388. The molecule has 4 aromatic rings. The van der Waals surface area contributed by atoms with E-state index in [0.29, 0.717) is 19.0 Å². The van der Waals surface area contributed by atoms with Crippen molar-refractivity contribution >= 4 is 17.5 Å². The molecule has 0 saturated heterocycles. The third-order valence-electron chi connectivity index (χ3n) is 6.23. The van der Waals surface area contributed by atoms with Crippen molar-refractivity contribution in [3.05, 3.63) is 101 Å². The topological polar surface area (TPSA) is 112 Å². The van der Waals surface area contributed by atoms with Gasteiger partial charge in [0.15, 0.2) is 11.6 Å². The number of nitrogens with one attached hydrogen (secondary N) is 3. The van der Waals surface area contributed by atoms with Gasteiger partial charge in [-0.3, -0.25) is 4.79 Å². The van der Waals surface area contributed by atoms with Crippen molar-refractivity contribution in [1.29, 1.82) is 5.26 Å². The first kappa shape index (κ1) is 24.7. The monoisotopic (exact) mass is 508 g/mol. The van der Waals surface area contributed by atoms with E-state index in [1.165, 1.54) is 24.4 Å². The molecular weight excluding hydrogens is 483 g/mol. The Kier molecular flexibility index (Phi) is 7.13. The van der Waals surface area contributed by atoms with Crippen molar-refractivity contribution < 1.29 is 13.9 Å². The van der Waals surface area contributed by atoms with Gasteiger partial charge in [-0.1, -0.05) is 36.4 Å². The van der Waals surface area contributed by atoms with Crippen LogP contribution in [0.5, 0.6) is 5.75 Å². The predicted molar refractivity (Wildman–Crippen MR) is 142 cm³/mol. The summed E-state index contributed by atoms with van der Waals surface area (Å²) >= 11 is 0. The normalized spacial score (nSPS) is 12.8. The molecule has 5 rings (SSSR count). The molecule has 3 heterocycles. The molecule has 9 heteroatoms. The first-order valence-corrected chi connectivity index (χ1v) is 12.2. The van der Waals surface area contributed by atoms with Crippen molar-refractivity contribution in [3.63, 3.8) is 0 Å². The van der Waals surface area contributed by atoms with Gasteiger partial charge >= 0.3 is 0 Å². The van der Waals surface area contributed by atoms with Crippen LogP contribution in [0.3, 0.4) is 0 Å². The van der Waals surface area contributed by atoms with Crippen molar-refractivity contribution in [2.45, 2.75) is 19.5 Å². The fourth-order valence-corrected chi connectivity index (χ4v) is 4.13. The van der Waals surface area contributed by atoms with Crippen LogP contribution in [-0.4, -0.2) is 29.0 Å². The fourth-order valence-electron chi connectivity index (χ4n) is 4.13. The molecule has 1 atom stereocenters. The highest BCUT2D eigenvalue weighted by Gasteiger charge is 2.17. The number of hydrogen-bond acceptors (Lipinski definition) is 7. The quantitative estimate of drug-likeness (QED) is 0.320. The number of anilines is 2. The maximum atomic E-state index is 13.3. The Labute approximate surface area is 219 Å². The second kappa shape index (κ2) is 11.0. The van der Waals surface area contributed by atoms with E-state index < -0.39 is 0 Å². The number of aromatic nitrogens is 2. The summed E-state index contributed by atoms with van der Waals surface area (Å²) in [5.41, 5.74) is 4.23. The van der Waals surface area contributed by atoms with Gasteiger partial charge in [-0.2, -0.15) is 5.26 Å². The zero-order valence-electron chi connectivity index (χ0n) is 20.7. The van der Waals surface area contributed by atoms with Crippen LogP contribution >= 0.6 is 0 Å². The van der Waals surface area contributed by atoms with Gasteiger partial charge in [0.05, 0.1) is 23.7 Å². The number of nitriles is 1. The van der Waals surface area contributed by atoms with Crippen LogP contribution in [0, 0.1) is 17.1 Å². The molecule has 190 valence electrons. The average molecular weight is 509 g/mol. The summed E-state index contributed by atoms with van der Waals surface area (Å²) in [7, 11) is 0. The summed E-state index contributed by atoms with van der Waals surface area (Å²) in [5.74, 6) is 1.12. The minimum absolute atomic E-state index is 0.253. The summed E-state index contributed by atoms with van der Waals surface area (Å²) < 4.78 is 19.0. The Morgan fingerprint density at radius 1 is 1.11 bits per heavy atom. The molecule has 0 radical (unpaired) electrons. The maximum Gasteiger partial charge on any atom is 0.255 e. The van der Waals surface area contributed by atoms with E-state index >= 15 is 0 Å². The summed E-state index contributed by atoms with van der Waals surface area (Å²) in [6, 6.07) is 19.1. The minimum Gasteiger partial charge on any atom is -0.488 e. The van der Waals surface area contributed by atoms with Crippen LogP contribution in [0.2, 0.25) is 0 Å². The van der Waals surface area contributed by atoms with Gasteiger partial charge in [-0.25, -0.2) is 14.4 Å². The maximum absolute atomic E-state index is 13.3. The number of fused-ring (bicyclic) bond motifs is 1. The van der Waals surface area contributed by atoms with E-state index in [9.17, 15) is 14.4 Å². The van der Waals surface area contributed by atoms with Crippen LogP contribution in [0.25, 0.3) is 11.1 Å². The van der Waals surface area contributed by atoms with E-state index in [2.05, 4.69) is 25.9 Å². The van der Waals surface area contributed by atoms with E-state index in [1.54, 1.807) is 12.1 Å². The van der Waals surface area contributed by atoms with Crippen molar-refractivity contribution in [2.75, 3.05) is 23.8 Å². The number of carbonyl (C=O) groups excluding carboxylic acids is 1. The number of hydrogen-bond donors (Lipinski definition) is 3. The molecule has 0 saturated carbocycles. The Balaban J connectivity index is 1.28. The summed E-state index contributed by atoms with van der Waals surface area (Å²) in [6.45, 7) is 3.58. The third kappa shape index (κ3) is 5.55. The Bertz CT molecular complexity index is 1500.